The number of esters is 1. The molecule has 108 heavy (non-hydrogen) atoms. The summed E-state index contributed by atoms with van der Waals surface area (Å²) in [7, 11) is 0. The van der Waals surface area contributed by atoms with Crippen molar-refractivity contribution in [1.82, 2.24) is 73.7 Å². The van der Waals surface area contributed by atoms with Gasteiger partial charge in [0, 0.05) is 36.5 Å². The number of benzene rings is 1. The van der Waals surface area contributed by atoms with Gasteiger partial charge in [-0.05, 0) is 118 Å². The SMILES string of the molecule is C/C=C1\NC(=O)[C@H](Cc2c[nH]c3ccccc23)NC(=O)[C@@H](C(C)C)NC(=O)[C@@H]([C@@H](C)CC)NC(=O)[C@H](NC(=O)[C@H](NC(=O)[C@H](CCCN)NC(=O)[C@H]2CCCN2C(=O)[C@H](NC(=O)[C@@H](NC(=O)[C@@H](NC(=O)[C@H](NC(=O)CCCC(C)C)C(C)C)[C@@H](C)O)C(C)C)C(C)C)[C@@H](C)CC)[C@@H](C)OC(=O)[C@H](C(C)C)NC1=O. The van der Waals surface area contributed by atoms with Gasteiger partial charge in [0.1, 0.15) is 84.3 Å². The number of hydrogen-bond donors (Lipinski definition) is 15. The second kappa shape index (κ2) is 43.3. The lowest BCUT2D eigenvalue weighted by atomic mass is 9.95. The number of ether oxygens (including phenoxy) is 1. The molecule has 4 rings (SSSR count). The quantitative estimate of drug-likeness (QED) is 0.0360. The number of rotatable bonds is 33. The minimum atomic E-state index is -1.83. The minimum Gasteiger partial charge on any atom is -0.458 e. The first kappa shape index (κ1) is 91.4. The van der Waals surface area contributed by atoms with Crippen LogP contribution in [0.15, 0.2) is 42.2 Å². The number of fused-ring (bicyclic) bond motifs is 1. The van der Waals surface area contributed by atoms with Gasteiger partial charge in [-0.2, -0.15) is 0 Å². The lowest BCUT2D eigenvalue weighted by Crippen LogP contribution is -2.64. The maximum Gasteiger partial charge on any atom is 0.329 e. The largest absolute Gasteiger partial charge is 0.458 e. The number of aliphatic hydroxyl groups is 1. The topological polar surface area (TPSA) is 458 Å². The van der Waals surface area contributed by atoms with Crippen molar-refractivity contribution in [2.24, 2.45) is 53.1 Å². The predicted octanol–water partition coefficient (Wildman–Crippen LogP) is 2.32. The zero-order valence-electron chi connectivity index (χ0n) is 66.7. The second-order valence-electron chi connectivity index (χ2n) is 31.1. The van der Waals surface area contributed by atoms with E-state index in [1.165, 1.54) is 31.7 Å². The monoisotopic (exact) mass is 1520 g/mol. The van der Waals surface area contributed by atoms with E-state index in [-0.39, 0.29) is 63.2 Å². The first-order valence-corrected chi connectivity index (χ1v) is 38.5. The summed E-state index contributed by atoms with van der Waals surface area (Å²) in [6, 6.07) is -9.23. The van der Waals surface area contributed by atoms with Crippen LogP contribution in [0.4, 0.5) is 0 Å². The van der Waals surface area contributed by atoms with Crippen molar-refractivity contribution in [2.75, 3.05) is 13.1 Å². The number of H-pyrrole nitrogens is 1. The smallest absolute Gasteiger partial charge is 0.329 e. The average Bonchev–Trinajstić information content (AvgIpc) is 1.58. The van der Waals surface area contributed by atoms with Gasteiger partial charge in [0.2, 0.25) is 70.9 Å². The molecular formula is C77H125N15O16. The number of nitrogens with zero attached hydrogens (tertiary/aromatic N) is 1. The Kier molecular flexibility index (Phi) is 36.6. The number of hydrogen-bond acceptors (Lipinski definition) is 17. The van der Waals surface area contributed by atoms with Crippen molar-refractivity contribution in [3.8, 4) is 0 Å². The van der Waals surface area contributed by atoms with Gasteiger partial charge in [-0.3, -0.25) is 62.3 Å². The number of cyclic esters (lactones) is 1. The predicted molar refractivity (Wildman–Crippen MR) is 407 cm³/mol. The van der Waals surface area contributed by atoms with E-state index in [1.54, 1.807) is 103 Å². The van der Waals surface area contributed by atoms with Gasteiger partial charge in [0.15, 0.2) is 0 Å². The highest BCUT2D eigenvalue weighted by atomic mass is 16.5. The molecule has 0 spiro atoms. The number of nitrogens with one attached hydrogen (secondary N) is 13. The fourth-order valence-corrected chi connectivity index (χ4v) is 12.8. The van der Waals surface area contributed by atoms with Crippen LogP contribution in [0.3, 0.4) is 0 Å². The molecule has 16 atom stereocenters. The Balaban J connectivity index is 1.64. The van der Waals surface area contributed by atoms with Crippen LogP contribution in [0.2, 0.25) is 0 Å². The van der Waals surface area contributed by atoms with Gasteiger partial charge >= 0.3 is 5.97 Å². The summed E-state index contributed by atoms with van der Waals surface area (Å²) in [5.41, 5.74) is 7.09. The van der Waals surface area contributed by atoms with E-state index in [0.717, 1.165) is 17.3 Å². The van der Waals surface area contributed by atoms with Gasteiger partial charge in [-0.1, -0.05) is 154 Å². The van der Waals surface area contributed by atoms with Crippen molar-refractivity contribution in [1.29, 1.82) is 0 Å². The molecule has 31 nitrogen and oxygen atoms in total. The molecule has 16 N–H and O–H groups in total. The summed E-state index contributed by atoms with van der Waals surface area (Å²) in [6.45, 7) is 31.8. The summed E-state index contributed by atoms with van der Waals surface area (Å²) in [6.07, 6.45) is 2.65. The molecule has 1 aromatic carbocycles. The Morgan fingerprint density at radius 3 is 1.76 bits per heavy atom. The minimum absolute atomic E-state index is 0.0545. The number of nitrogens with two attached hydrogens (primary N) is 1. The number of aliphatic hydroxyl groups excluding tert-OH is 1. The van der Waals surface area contributed by atoms with E-state index in [9.17, 15) is 62.6 Å². The highest BCUT2D eigenvalue weighted by Crippen LogP contribution is 2.24. The van der Waals surface area contributed by atoms with Crippen LogP contribution in [-0.2, 0) is 78.3 Å². The third-order valence-electron chi connectivity index (χ3n) is 20.1. The highest BCUT2D eigenvalue weighted by Gasteiger charge is 2.45. The van der Waals surface area contributed by atoms with Crippen molar-refractivity contribution >= 4 is 93.7 Å². The van der Waals surface area contributed by atoms with E-state index >= 15 is 9.59 Å². The van der Waals surface area contributed by atoms with Crippen LogP contribution in [0.1, 0.15) is 195 Å². The van der Waals surface area contributed by atoms with Gasteiger partial charge in [-0.15, -0.1) is 0 Å². The number of carbonyl (C=O) groups is 14. The average molecular weight is 1520 g/mol. The lowest BCUT2D eigenvalue weighted by molar-refractivity contribution is -0.157. The fourth-order valence-electron chi connectivity index (χ4n) is 12.8. The number of amides is 13. The van der Waals surface area contributed by atoms with Crippen LogP contribution in [0.5, 0.6) is 0 Å². The third kappa shape index (κ3) is 26.1. The molecule has 2 saturated heterocycles. The molecule has 13 amide bonds. The molecule has 0 unspecified atom stereocenters. The molecule has 0 radical (unpaired) electrons. The van der Waals surface area contributed by atoms with E-state index in [2.05, 4.69) is 68.8 Å². The molecular weight excluding hydrogens is 1390 g/mol. The molecule has 1 aromatic heterocycles. The van der Waals surface area contributed by atoms with Crippen molar-refractivity contribution in [3.63, 3.8) is 0 Å². The molecule has 0 aliphatic carbocycles. The second-order valence-corrected chi connectivity index (χ2v) is 31.1. The van der Waals surface area contributed by atoms with E-state index in [4.69, 9.17) is 10.5 Å². The Morgan fingerprint density at radius 2 is 1.19 bits per heavy atom. The molecule has 0 bridgehead atoms. The van der Waals surface area contributed by atoms with Crippen LogP contribution in [0, 0.1) is 47.3 Å². The Hall–Kier alpha value is -9.00. The number of likely N-dealkylation sites (tertiary alicyclic amines) is 1. The van der Waals surface area contributed by atoms with Crippen LogP contribution in [0.25, 0.3) is 10.9 Å². The summed E-state index contributed by atoms with van der Waals surface area (Å²) in [5, 5.41) is 44.1. The zero-order chi connectivity index (χ0) is 81.3. The number of aromatic amines is 1. The summed E-state index contributed by atoms with van der Waals surface area (Å²) in [4.78, 5) is 206. The molecule has 0 saturated carbocycles. The molecule has 2 fully saturated rings. The molecule has 2 aromatic rings. The van der Waals surface area contributed by atoms with Gasteiger partial charge in [0.05, 0.1) is 6.10 Å². The van der Waals surface area contributed by atoms with E-state index < -0.39 is 203 Å². The molecule has 604 valence electrons. The number of aromatic nitrogens is 1. The standard InChI is InChI=1S/C77H125N15O16/c1-20-44(16)61(88-66(96)52(31-26-34-78)81-68(98)54-32-27-35-92(54)76(106)59(42(12)13)86-71(101)58(41(10)11)85-74(104)63(46(18)93)90-70(100)56(39(6)7)83-55(94)33-25-28-38(4)5)73(103)91-64-47(19)108-77(107)60(43(14)15)87-65(95)50(22-3)80-67(97)53(36-48-37-79-51-30-24-23-29-49(48)51)82-69(99)57(40(8)9)84-72(102)62(45(17)21-2)89-75(64)105/h22-24,29-30,37-47,52-54,56-64,79,93H,20-21,25-28,31-36,78H2,1-19H3,(H,80,97)(H,81,98)(H,82,99)(H,83,94)(H,84,102)(H,85,104)(H,86,101)(H,87,95)(H,88,96)(H,89,105)(H,90,100)(H,91,103)/b50-22-/t44-,45-,46+,47+,52-,53-,54+,56+,57+,58-,59+,60-,61+,62+,63-,64+/m0/s1. The molecule has 2 aliphatic rings. The third-order valence-corrected chi connectivity index (χ3v) is 20.1. The van der Waals surface area contributed by atoms with Crippen molar-refractivity contribution in [3.05, 3.63) is 47.8 Å². The Labute approximate surface area is 636 Å². The van der Waals surface area contributed by atoms with Crippen molar-refractivity contribution < 1.29 is 77.0 Å². The highest BCUT2D eigenvalue weighted by molar-refractivity contribution is 6.03. The summed E-state index contributed by atoms with van der Waals surface area (Å²) >= 11 is 0. The van der Waals surface area contributed by atoms with Crippen molar-refractivity contribution in [2.45, 2.75) is 280 Å². The summed E-state index contributed by atoms with van der Waals surface area (Å²) in [5.74, 6) is -15.2. The fraction of sp³-hybridized carbons (Fsp3) is 0.688. The first-order valence-electron chi connectivity index (χ1n) is 38.5. The molecule has 31 heteroatoms. The zero-order valence-corrected chi connectivity index (χ0v) is 66.7. The summed E-state index contributed by atoms with van der Waals surface area (Å²) < 4.78 is 5.99. The van der Waals surface area contributed by atoms with Crippen LogP contribution >= 0.6 is 0 Å². The van der Waals surface area contributed by atoms with Crippen LogP contribution < -0.4 is 69.5 Å². The first-order chi connectivity index (χ1) is 50.7. The maximum absolute atomic E-state index is 15.1. The van der Waals surface area contributed by atoms with Gasteiger partial charge in [0.25, 0.3) is 5.91 Å². The van der Waals surface area contributed by atoms with Gasteiger partial charge in [-0.25, -0.2) is 4.79 Å². The van der Waals surface area contributed by atoms with Gasteiger partial charge < -0.3 is 89.3 Å². The van der Waals surface area contributed by atoms with Crippen LogP contribution in [-0.4, -0.2) is 196 Å². The number of carbonyl (C=O) groups excluding carboxylic acids is 14. The Morgan fingerprint density at radius 1 is 0.630 bits per heavy atom. The molecule has 2 aliphatic heterocycles. The Bertz CT molecular complexity index is 3480. The number of para-hydroxylation sites is 1. The molecule has 3 heterocycles. The van der Waals surface area contributed by atoms with E-state index in [1.807, 2.05) is 38.1 Å². The lowest BCUT2D eigenvalue weighted by Gasteiger charge is -2.33. The normalized spacial score (nSPS) is 22.3. The number of allylic oxidation sites excluding steroid dienone is 1. The maximum atomic E-state index is 15.1. The van der Waals surface area contributed by atoms with E-state index in [0.29, 0.717) is 30.7 Å².